The zero-order valence-electron chi connectivity index (χ0n) is 12.4. The molecule has 0 spiro atoms. The van der Waals surface area contributed by atoms with E-state index in [1.807, 2.05) is 0 Å². The van der Waals surface area contributed by atoms with Crippen molar-refractivity contribution in [1.29, 1.82) is 0 Å². The maximum absolute atomic E-state index is 9.93. The molecule has 8 heteroatoms. The Hall–Kier alpha value is -1.96. The average molecular weight is 304 g/mol. The van der Waals surface area contributed by atoms with Gasteiger partial charge >= 0.3 is 0 Å². The molecule has 4 rings (SSSR count). The van der Waals surface area contributed by atoms with E-state index in [1.165, 1.54) is 12.8 Å². The molecule has 2 aromatic heterocycles. The number of nitrogens with zero attached hydrogens (tertiary/aromatic N) is 5. The fourth-order valence-electron chi connectivity index (χ4n) is 3.36. The third-order valence-corrected chi connectivity index (χ3v) is 4.49. The lowest BCUT2D eigenvalue weighted by Gasteiger charge is -2.32. The summed E-state index contributed by atoms with van der Waals surface area (Å²) in [6, 6.07) is 0.431. The molecule has 0 aromatic carbocycles. The van der Waals surface area contributed by atoms with Gasteiger partial charge in [-0.3, -0.25) is 0 Å². The predicted molar refractivity (Wildman–Crippen MR) is 80.7 cm³/mol. The minimum Gasteiger partial charge on any atom is -0.391 e. The van der Waals surface area contributed by atoms with E-state index in [0.29, 0.717) is 23.9 Å². The summed E-state index contributed by atoms with van der Waals surface area (Å²) in [5.74, 6) is 1.47. The van der Waals surface area contributed by atoms with E-state index in [9.17, 15) is 5.11 Å². The van der Waals surface area contributed by atoms with Crippen LogP contribution in [0.4, 0.5) is 11.6 Å². The number of aliphatic hydroxyl groups excluding tert-OH is 1. The maximum atomic E-state index is 9.93. The van der Waals surface area contributed by atoms with E-state index in [2.05, 4.69) is 30.5 Å². The molecule has 0 unspecified atom stereocenters. The van der Waals surface area contributed by atoms with E-state index < -0.39 is 0 Å². The highest BCUT2D eigenvalue weighted by Crippen LogP contribution is 2.29. The van der Waals surface area contributed by atoms with Crippen molar-refractivity contribution < 1.29 is 9.74 Å². The van der Waals surface area contributed by atoms with Crippen molar-refractivity contribution in [1.82, 2.24) is 20.3 Å². The van der Waals surface area contributed by atoms with Crippen molar-refractivity contribution in [3.05, 3.63) is 0 Å². The Morgan fingerprint density at radius 2 is 1.82 bits per heavy atom. The van der Waals surface area contributed by atoms with Gasteiger partial charge in [0.05, 0.1) is 6.10 Å². The lowest BCUT2D eigenvalue weighted by Crippen LogP contribution is -2.39. The van der Waals surface area contributed by atoms with Gasteiger partial charge in [0, 0.05) is 19.1 Å². The second-order valence-corrected chi connectivity index (χ2v) is 6.18. The smallest absolute Gasteiger partial charge is 0.245 e. The van der Waals surface area contributed by atoms with E-state index >= 15 is 0 Å². The van der Waals surface area contributed by atoms with Crippen LogP contribution in [0.2, 0.25) is 0 Å². The zero-order valence-corrected chi connectivity index (χ0v) is 12.4. The number of hydrogen-bond donors (Lipinski definition) is 2. The van der Waals surface area contributed by atoms with Crippen LogP contribution < -0.4 is 10.2 Å². The van der Waals surface area contributed by atoms with Crippen molar-refractivity contribution in [3.63, 3.8) is 0 Å². The first-order valence-corrected chi connectivity index (χ1v) is 7.99. The van der Waals surface area contributed by atoms with Crippen LogP contribution in [-0.4, -0.2) is 50.6 Å². The van der Waals surface area contributed by atoms with Crippen LogP contribution in [0.5, 0.6) is 0 Å². The first kappa shape index (κ1) is 13.7. The second-order valence-electron chi connectivity index (χ2n) is 6.18. The summed E-state index contributed by atoms with van der Waals surface area (Å²) in [6.07, 6.45) is 6.26. The van der Waals surface area contributed by atoms with E-state index in [0.717, 1.165) is 43.9 Å². The van der Waals surface area contributed by atoms with Crippen LogP contribution in [0, 0.1) is 0 Å². The summed E-state index contributed by atoms with van der Waals surface area (Å²) in [5, 5.41) is 21.0. The van der Waals surface area contributed by atoms with Gasteiger partial charge in [-0.15, -0.1) is 0 Å². The second kappa shape index (κ2) is 5.68. The molecular weight excluding hydrogens is 284 g/mol. The lowest BCUT2D eigenvalue weighted by molar-refractivity contribution is 0.154. The molecule has 2 aromatic rings. The van der Waals surface area contributed by atoms with Crippen LogP contribution in [0.25, 0.3) is 11.3 Å². The highest BCUT2D eigenvalue weighted by molar-refractivity contribution is 5.74. The first-order valence-electron chi connectivity index (χ1n) is 7.99. The Bertz CT molecular complexity index is 654. The van der Waals surface area contributed by atoms with Gasteiger partial charge in [-0.2, -0.15) is 0 Å². The average Bonchev–Trinajstić information content (AvgIpc) is 3.17. The molecule has 118 valence electrons. The number of rotatable bonds is 3. The number of nitrogens with one attached hydrogen (secondary N) is 1. The lowest BCUT2D eigenvalue weighted by atomic mass is 10.1. The molecule has 2 fully saturated rings. The Morgan fingerprint density at radius 3 is 2.59 bits per heavy atom. The minimum absolute atomic E-state index is 0.319. The van der Waals surface area contributed by atoms with Crippen molar-refractivity contribution in [2.45, 2.75) is 50.7 Å². The SMILES string of the molecule is O[C@@H]1CCCN(c2nc3nonc3nc2NC2CCCC2)C1. The summed E-state index contributed by atoms with van der Waals surface area (Å²) in [6.45, 7) is 1.44. The molecule has 1 saturated heterocycles. The monoisotopic (exact) mass is 304 g/mol. The number of aromatic nitrogens is 4. The fourth-order valence-corrected chi connectivity index (χ4v) is 3.36. The number of piperidine rings is 1. The van der Waals surface area contributed by atoms with E-state index in [1.54, 1.807) is 0 Å². The summed E-state index contributed by atoms with van der Waals surface area (Å²) in [4.78, 5) is 11.2. The third kappa shape index (κ3) is 2.58. The van der Waals surface area contributed by atoms with Crippen molar-refractivity contribution in [2.24, 2.45) is 0 Å². The quantitative estimate of drug-likeness (QED) is 0.876. The maximum Gasteiger partial charge on any atom is 0.245 e. The largest absolute Gasteiger partial charge is 0.391 e. The molecule has 1 aliphatic carbocycles. The number of aliphatic hydroxyl groups is 1. The Balaban J connectivity index is 1.69. The molecule has 0 radical (unpaired) electrons. The zero-order chi connectivity index (χ0) is 14.9. The molecule has 1 atom stereocenters. The van der Waals surface area contributed by atoms with E-state index in [4.69, 9.17) is 4.63 Å². The molecule has 2 aliphatic rings. The summed E-state index contributed by atoms with van der Waals surface area (Å²) in [7, 11) is 0. The molecule has 0 bridgehead atoms. The van der Waals surface area contributed by atoms with Crippen LogP contribution >= 0.6 is 0 Å². The van der Waals surface area contributed by atoms with Crippen LogP contribution in [0.15, 0.2) is 4.63 Å². The normalized spacial score (nSPS) is 23.3. The van der Waals surface area contributed by atoms with Crippen LogP contribution in [0.1, 0.15) is 38.5 Å². The van der Waals surface area contributed by atoms with Crippen molar-refractivity contribution in [2.75, 3.05) is 23.3 Å². The van der Waals surface area contributed by atoms with Gasteiger partial charge in [0.25, 0.3) is 0 Å². The molecule has 1 saturated carbocycles. The van der Waals surface area contributed by atoms with Gasteiger partial charge in [0.2, 0.25) is 11.3 Å². The number of anilines is 2. The van der Waals surface area contributed by atoms with Crippen molar-refractivity contribution >= 4 is 22.9 Å². The predicted octanol–water partition coefficient (Wildman–Crippen LogP) is 1.33. The highest BCUT2D eigenvalue weighted by Gasteiger charge is 2.25. The summed E-state index contributed by atoms with van der Waals surface area (Å²) < 4.78 is 4.73. The Kier molecular flexibility index (Phi) is 3.53. The molecule has 3 heterocycles. The Morgan fingerprint density at radius 1 is 1.05 bits per heavy atom. The van der Waals surface area contributed by atoms with Gasteiger partial charge in [-0.1, -0.05) is 12.8 Å². The fraction of sp³-hybridized carbons (Fsp3) is 0.714. The molecule has 8 nitrogen and oxygen atoms in total. The molecule has 1 aliphatic heterocycles. The third-order valence-electron chi connectivity index (χ3n) is 4.49. The Labute approximate surface area is 127 Å². The van der Waals surface area contributed by atoms with Gasteiger partial charge in [0.1, 0.15) is 0 Å². The van der Waals surface area contributed by atoms with Gasteiger partial charge in [0.15, 0.2) is 11.6 Å². The van der Waals surface area contributed by atoms with Gasteiger partial charge in [-0.05, 0) is 36.0 Å². The number of β-amino-alcohol motifs (C(OH)–C–C–N with tert-alkyl or cyclic N) is 1. The van der Waals surface area contributed by atoms with Crippen LogP contribution in [-0.2, 0) is 0 Å². The molecule has 2 N–H and O–H groups in total. The minimum atomic E-state index is -0.319. The highest BCUT2D eigenvalue weighted by atomic mass is 16.6. The molecular formula is C14H20N6O2. The summed E-state index contributed by atoms with van der Waals surface area (Å²) in [5.41, 5.74) is 0.828. The molecule has 0 amide bonds. The van der Waals surface area contributed by atoms with Gasteiger partial charge < -0.3 is 15.3 Å². The van der Waals surface area contributed by atoms with Crippen LogP contribution in [0.3, 0.4) is 0 Å². The first-order chi connectivity index (χ1) is 10.8. The topological polar surface area (TPSA) is 100 Å². The molecule has 22 heavy (non-hydrogen) atoms. The standard InChI is InChI=1S/C14H20N6O2/c21-10-6-3-7-20(8-10)14-13(15-9-4-1-2-5-9)16-11-12(17-14)19-22-18-11/h9-10,21H,1-8H2,(H,15,16,18)/t10-/m1/s1. The number of hydrogen-bond acceptors (Lipinski definition) is 8. The summed E-state index contributed by atoms with van der Waals surface area (Å²) >= 11 is 0. The van der Waals surface area contributed by atoms with Gasteiger partial charge in [-0.25, -0.2) is 14.6 Å². The van der Waals surface area contributed by atoms with Crippen molar-refractivity contribution in [3.8, 4) is 0 Å². The van der Waals surface area contributed by atoms with E-state index in [-0.39, 0.29) is 6.10 Å². The number of fused-ring (bicyclic) bond motifs is 1.